The molecule has 30 heavy (non-hydrogen) atoms. The van der Waals surface area contributed by atoms with Crippen LogP contribution in [0.25, 0.3) is 0 Å². The summed E-state index contributed by atoms with van der Waals surface area (Å²) in [5, 5.41) is 10.8. The van der Waals surface area contributed by atoms with E-state index in [2.05, 4.69) is 0 Å². The van der Waals surface area contributed by atoms with E-state index in [9.17, 15) is 24.5 Å². The number of rotatable bonds is 5. The summed E-state index contributed by atoms with van der Waals surface area (Å²) in [5.74, 6) is -2.04. The van der Waals surface area contributed by atoms with Gasteiger partial charge >= 0.3 is 11.9 Å². The molecule has 0 saturated heterocycles. The predicted molar refractivity (Wildman–Crippen MR) is 104 cm³/mol. The van der Waals surface area contributed by atoms with Crippen molar-refractivity contribution in [3.05, 3.63) is 69.3 Å². The second-order valence-electron chi connectivity index (χ2n) is 6.64. The first-order chi connectivity index (χ1) is 14.3. The molecule has 0 aliphatic carbocycles. The Morgan fingerprint density at radius 2 is 1.90 bits per heavy atom. The molecule has 156 valence electrons. The third kappa shape index (κ3) is 4.22. The second-order valence-corrected chi connectivity index (χ2v) is 6.64. The number of esters is 2. The largest absolute Gasteiger partial charge is 0.467 e. The topological polar surface area (TPSA) is 142 Å². The minimum absolute atomic E-state index is 0.0955. The summed E-state index contributed by atoms with van der Waals surface area (Å²) in [6.07, 6.45) is 0.290. The van der Waals surface area contributed by atoms with Crippen LogP contribution in [0.1, 0.15) is 21.5 Å². The lowest BCUT2D eigenvalue weighted by Gasteiger charge is -2.35. The van der Waals surface area contributed by atoms with E-state index in [0.717, 1.165) is 29.3 Å². The van der Waals surface area contributed by atoms with Gasteiger partial charge in [-0.3, -0.25) is 14.9 Å². The Morgan fingerprint density at radius 1 is 1.20 bits per heavy atom. The number of carbonyl (C=O) groups is 3. The van der Waals surface area contributed by atoms with Crippen molar-refractivity contribution < 1.29 is 28.8 Å². The van der Waals surface area contributed by atoms with Gasteiger partial charge in [-0.05, 0) is 17.2 Å². The van der Waals surface area contributed by atoms with Crippen LogP contribution in [0.5, 0.6) is 0 Å². The molecular weight excluding hydrogens is 394 g/mol. The van der Waals surface area contributed by atoms with Crippen LogP contribution in [0.2, 0.25) is 0 Å². The van der Waals surface area contributed by atoms with E-state index in [4.69, 9.17) is 15.2 Å². The summed E-state index contributed by atoms with van der Waals surface area (Å²) >= 11 is 0. The SMILES string of the molecule is COC(=O)[C@@H]1Cc2ccccc2CN1C(=O)COC(=O)c1ccc([N+](=O)[O-])cc1N. The molecule has 0 saturated carbocycles. The number of non-ortho nitro benzene ring substituents is 1. The van der Waals surface area contributed by atoms with Crippen LogP contribution in [0.3, 0.4) is 0 Å². The van der Waals surface area contributed by atoms with Gasteiger partial charge in [-0.25, -0.2) is 9.59 Å². The molecular formula is C20H19N3O7. The average Bonchev–Trinajstić information content (AvgIpc) is 2.75. The average molecular weight is 413 g/mol. The van der Waals surface area contributed by atoms with Crippen molar-refractivity contribution >= 4 is 29.2 Å². The molecule has 1 aliphatic rings. The highest BCUT2D eigenvalue weighted by atomic mass is 16.6. The molecule has 10 nitrogen and oxygen atoms in total. The number of methoxy groups -OCH3 is 1. The van der Waals surface area contributed by atoms with Gasteiger partial charge in [0.1, 0.15) is 6.04 Å². The van der Waals surface area contributed by atoms with Crippen molar-refractivity contribution in [2.75, 3.05) is 19.5 Å². The van der Waals surface area contributed by atoms with Gasteiger partial charge in [-0.2, -0.15) is 0 Å². The smallest absolute Gasteiger partial charge is 0.340 e. The number of nitrogens with two attached hydrogens (primary N) is 1. The van der Waals surface area contributed by atoms with Crippen molar-refractivity contribution in [3.8, 4) is 0 Å². The number of hydrogen-bond acceptors (Lipinski definition) is 8. The van der Waals surface area contributed by atoms with Crippen LogP contribution in [-0.4, -0.2) is 47.4 Å². The number of nitrogen functional groups attached to an aromatic ring is 1. The number of hydrogen-bond donors (Lipinski definition) is 1. The first kappa shape index (κ1) is 20.8. The number of amides is 1. The molecule has 1 heterocycles. The summed E-state index contributed by atoms with van der Waals surface area (Å²) in [6, 6.07) is 9.89. The Kier molecular flexibility index (Phi) is 5.95. The Morgan fingerprint density at radius 3 is 2.53 bits per heavy atom. The molecule has 0 fully saturated rings. The van der Waals surface area contributed by atoms with Crippen LogP contribution >= 0.6 is 0 Å². The number of nitrogens with zero attached hydrogens (tertiary/aromatic N) is 2. The molecule has 0 aromatic heterocycles. The summed E-state index contributed by atoms with van der Waals surface area (Å²) < 4.78 is 9.86. The zero-order chi connectivity index (χ0) is 21.8. The van der Waals surface area contributed by atoms with Crippen molar-refractivity contribution in [2.24, 2.45) is 0 Å². The molecule has 3 rings (SSSR count). The zero-order valence-corrected chi connectivity index (χ0v) is 16.1. The summed E-state index contributed by atoms with van der Waals surface area (Å²) in [5.41, 5.74) is 7.00. The zero-order valence-electron chi connectivity index (χ0n) is 16.1. The first-order valence-electron chi connectivity index (χ1n) is 8.97. The molecule has 10 heteroatoms. The van der Waals surface area contributed by atoms with E-state index in [0.29, 0.717) is 0 Å². The number of nitro benzene ring substituents is 1. The van der Waals surface area contributed by atoms with Crippen LogP contribution in [0.4, 0.5) is 11.4 Å². The second kappa shape index (κ2) is 8.60. The van der Waals surface area contributed by atoms with Crippen LogP contribution in [0, 0.1) is 10.1 Å². The number of fused-ring (bicyclic) bond motifs is 1. The lowest BCUT2D eigenvalue weighted by atomic mass is 9.94. The van der Waals surface area contributed by atoms with Crippen molar-refractivity contribution in [3.63, 3.8) is 0 Å². The van der Waals surface area contributed by atoms with Gasteiger partial charge in [0.2, 0.25) is 0 Å². The molecule has 0 radical (unpaired) electrons. The van der Waals surface area contributed by atoms with Gasteiger partial charge in [0, 0.05) is 25.1 Å². The van der Waals surface area contributed by atoms with Gasteiger partial charge < -0.3 is 20.1 Å². The minimum atomic E-state index is -0.900. The number of anilines is 1. The Hall–Kier alpha value is -3.95. The standard InChI is InChI=1S/C20H19N3O7/c1-29-20(26)17-8-12-4-2-3-5-13(12)10-22(17)18(24)11-30-19(25)15-7-6-14(23(27)28)9-16(15)21/h2-7,9,17H,8,10-11,21H2,1H3/t17-/m0/s1. The molecule has 0 bridgehead atoms. The van der Waals surface area contributed by atoms with E-state index < -0.39 is 35.4 Å². The molecule has 2 N–H and O–H groups in total. The highest BCUT2D eigenvalue weighted by molar-refractivity contribution is 5.97. The fraction of sp³-hybridized carbons (Fsp3) is 0.250. The maximum Gasteiger partial charge on any atom is 0.340 e. The number of benzene rings is 2. The minimum Gasteiger partial charge on any atom is -0.467 e. The van der Waals surface area contributed by atoms with E-state index in [1.807, 2.05) is 24.3 Å². The van der Waals surface area contributed by atoms with Crippen molar-refractivity contribution in [1.82, 2.24) is 4.90 Å². The van der Waals surface area contributed by atoms with Crippen LogP contribution in [-0.2, 0) is 32.0 Å². The number of ether oxygens (including phenoxy) is 2. The lowest BCUT2D eigenvalue weighted by molar-refractivity contribution is -0.384. The van der Waals surface area contributed by atoms with Gasteiger partial charge in [0.15, 0.2) is 6.61 Å². The maximum atomic E-state index is 12.7. The molecule has 1 atom stereocenters. The normalized spacial score (nSPS) is 15.1. The third-order valence-corrected chi connectivity index (χ3v) is 4.83. The van der Waals surface area contributed by atoms with Gasteiger partial charge in [0.25, 0.3) is 11.6 Å². The fourth-order valence-electron chi connectivity index (χ4n) is 3.27. The lowest BCUT2D eigenvalue weighted by Crippen LogP contribution is -2.50. The van der Waals surface area contributed by atoms with Gasteiger partial charge in [0.05, 0.1) is 23.3 Å². The number of nitro groups is 1. The quantitative estimate of drug-likeness (QED) is 0.336. The predicted octanol–water partition coefficient (Wildman–Crippen LogP) is 1.46. The monoisotopic (exact) mass is 413 g/mol. The molecule has 2 aromatic rings. The first-order valence-corrected chi connectivity index (χ1v) is 8.97. The van der Waals surface area contributed by atoms with Crippen LogP contribution < -0.4 is 5.73 Å². The highest BCUT2D eigenvalue weighted by Gasteiger charge is 2.35. The Bertz CT molecular complexity index is 1020. The van der Waals surface area contributed by atoms with E-state index in [1.54, 1.807) is 0 Å². The van der Waals surface area contributed by atoms with E-state index in [1.165, 1.54) is 12.0 Å². The molecule has 1 aliphatic heterocycles. The van der Waals surface area contributed by atoms with E-state index >= 15 is 0 Å². The highest BCUT2D eigenvalue weighted by Crippen LogP contribution is 2.25. The maximum absolute atomic E-state index is 12.7. The van der Waals surface area contributed by atoms with Gasteiger partial charge in [-0.15, -0.1) is 0 Å². The molecule has 2 aromatic carbocycles. The molecule has 1 amide bonds. The summed E-state index contributed by atoms with van der Waals surface area (Å²) in [6.45, 7) is -0.448. The third-order valence-electron chi connectivity index (χ3n) is 4.83. The molecule has 0 spiro atoms. The molecule has 0 unspecified atom stereocenters. The summed E-state index contributed by atoms with van der Waals surface area (Å²) in [4.78, 5) is 48.6. The van der Waals surface area contributed by atoms with Gasteiger partial charge in [-0.1, -0.05) is 24.3 Å². The summed E-state index contributed by atoms with van der Waals surface area (Å²) in [7, 11) is 1.24. The van der Waals surface area contributed by atoms with Crippen LogP contribution in [0.15, 0.2) is 42.5 Å². The van der Waals surface area contributed by atoms with Crippen molar-refractivity contribution in [2.45, 2.75) is 19.0 Å². The number of carbonyl (C=O) groups excluding carboxylic acids is 3. The Labute approximate surface area is 171 Å². The van der Waals surface area contributed by atoms with Crippen molar-refractivity contribution in [1.29, 1.82) is 0 Å². The fourth-order valence-corrected chi connectivity index (χ4v) is 3.27. The Balaban J connectivity index is 1.72. The van der Waals surface area contributed by atoms with E-state index in [-0.39, 0.29) is 29.9 Å².